The lowest BCUT2D eigenvalue weighted by atomic mass is 10.1. The summed E-state index contributed by atoms with van der Waals surface area (Å²) in [5, 5.41) is 9.66. The second-order valence-corrected chi connectivity index (χ2v) is 6.29. The largest absolute Gasteiger partial charge is 0.393 e. The maximum absolute atomic E-state index is 9.66. The Labute approximate surface area is 139 Å². The molecule has 24 heavy (non-hydrogen) atoms. The number of hydrogen-bond acceptors (Lipinski definition) is 6. The van der Waals surface area contributed by atoms with Gasteiger partial charge in [0.1, 0.15) is 5.82 Å². The van der Waals surface area contributed by atoms with Crippen molar-refractivity contribution in [1.82, 2.24) is 19.9 Å². The first-order valence-electron chi connectivity index (χ1n) is 8.12. The van der Waals surface area contributed by atoms with Crippen LogP contribution in [-0.2, 0) is 0 Å². The number of aliphatic hydroxyl groups is 1. The fraction of sp³-hybridized carbons (Fsp3) is 0.353. The van der Waals surface area contributed by atoms with Crippen LogP contribution in [0.4, 0.5) is 11.6 Å². The zero-order chi connectivity index (χ0) is 16.7. The Balaban J connectivity index is 1.72. The number of nitrogens with two attached hydrogens (primary N) is 1. The smallest absolute Gasteiger partial charge is 0.161 e. The summed E-state index contributed by atoms with van der Waals surface area (Å²) >= 11 is 0. The van der Waals surface area contributed by atoms with Crippen LogP contribution in [0, 0.1) is 6.92 Å². The van der Waals surface area contributed by atoms with Gasteiger partial charge in [-0.2, -0.15) is 0 Å². The van der Waals surface area contributed by atoms with E-state index in [1.807, 2.05) is 25.1 Å². The number of aromatic nitrogens is 4. The van der Waals surface area contributed by atoms with E-state index in [1.165, 1.54) is 0 Å². The minimum absolute atomic E-state index is 0.221. The minimum Gasteiger partial charge on any atom is -0.393 e. The molecule has 1 fully saturated rings. The number of aromatic amines is 1. The molecule has 0 atom stereocenters. The number of piperidine rings is 1. The highest BCUT2D eigenvalue weighted by Gasteiger charge is 2.20. The van der Waals surface area contributed by atoms with E-state index in [1.54, 1.807) is 6.20 Å². The summed E-state index contributed by atoms with van der Waals surface area (Å²) in [5.41, 5.74) is 9.59. The van der Waals surface area contributed by atoms with Crippen molar-refractivity contribution in [1.29, 1.82) is 0 Å². The predicted octanol–water partition coefficient (Wildman–Crippen LogP) is 1.87. The van der Waals surface area contributed by atoms with E-state index in [4.69, 9.17) is 5.73 Å². The number of hydrogen-bond donors (Lipinski definition) is 3. The summed E-state index contributed by atoms with van der Waals surface area (Å²) in [5.74, 6) is 1.74. The van der Waals surface area contributed by atoms with Crippen LogP contribution in [0.3, 0.4) is 0 Å². The van der Waals surface area contributed by atoms with Crippen molar-refractivity contribution >= 4 is 22.7 Å². The van der Waals surface area contributed by atoms with E-state index in [9.17, 15) is 5.11 Å². The first-order valence-corrected chi connectivity index (χ1v) is 8.12. The number of H-pyrrole nitrogens is 1. The van der Waals surface area contributed by atoms with Crippen LogP contribution in [0.25, 0.3) is 22.6 Å². The molecule has 1 aromatic carbocycles. The normalized spacial score (nSPS) is 16.0. The van der Waals surface area contributed by atoms with Gasteiger partial charge in [-0.3, -0.25) is 0 Å². The Kier molecular flexibility index (Phi) is 3.57. The van der Waals surface area contributed by atoms with Gasteiger partial charge in [0.05, 0.1) is 23.3 Å². The van der Waals surface area contributed by atoms with Gasteiger partial charge >= 0.3 is 0 Å². The standard InChI is InChI=1S/C17H20N6O/c1-10-2-3-12-13(8-10)21-17(20-12)15-16(18)19-9-14(22-15)23-6-4-11(24)5-7-23/h2-3,8-9,11,24H,4-7H2,1H3,(H2,18,19)(H,20,21). The van der Waals surface area contributed by atoms with Crippen LogP contribution >= 0.6 is 0 Å². The second kappa shape index (κ2) is 5.76. The van der Waals surface area contributed by atoms with Gasteiger partial charge in [-0.15, -0.1) is 0 Å². The minimum atomic E-state index is -0.221. The van der Waals surface area contributed by atoms with Gasteiger partial charge < -0.3 is 20.7 Å². The third-order valence-electron chi connectivity index (χ3n) is 4.44. The van der Waals surface area contributed by atoms with Crippen molar-refractivity contribution in [3.05, 3.63) is 30.0 Å². The highest BCUT2D eigenvalue weighted by molar-refractivity contribution is 5.81. The number of aliphatic hydroxyl groups excluding tert-OH is 1. The lowest BCUT2D eigenvalue weighted by molar-refractivity contribution is 0.145. The maximum atomic E-state index is 9.66. The summed E-state index contributed by atoms with van der Waals surface area (Å²) < 4.78 is 0. The third kappa shape index (κ3) is 2.67. The Morgan fingerprint density at radius 1 is 1.25 bits per heavy atom. The van der Waals surface area contributed by atoms with Crippen LogP contribution in [0.5, 0.6) is 0 Å². The summed E-state index contributed by atoms with van der Waals surface area (Å²) in [6, 6.07) is 6.05. The average molecular weight is 324 g/mol. The van der Waals surface area contributed by atoms with Gasteiger partial charge in [0.25, 0.3) is 0 Å². The number of benzene rings is 1. The molecule has 1 saturated heterocycles. The maximum Gasteiger partial charge on any atom is 0.161 e. The van der Waals surface area contributed by atoms with Crippen LogP contribution in [0.2, 0.25) is 0 Å². The lowest BCUT2D eigenvalue weighted by Crippen LogP contribution is -2.36. The molecule has 7 heteroatoms. The van der Waals surface area contributed by atoms with E-state index < -0.39 is 0 Å². The molecule has 4 N–H and O–H groups in total. The summed E-state index contributed by atoms with van der Waals surface area (Å²) in [7, 11) is 0. The molecule has 124 valence electrons. The quantitative estimate of drug-likeness (QED) is 0.665. The number of fused-ring (bicyclic) bond motifs is 1. The molecule has 0 aliphatic carbocycles. The molecule has 3 aromatic rings. The van der Waals surface area contributed by atoms with Crippen LogP contribution in [-0.4, -0.2) is 44.2 Å². The van der Waals surface area contributed by atoms with Crippen LogP contribution in [0.15, 0.2) is 24.4 Å². The Morgan fingerprint density at radius 3 is 2.83 bits per heavy atom. The van der Waals surface area contributed by atoms with Gasteiger partial charge in [-0.05, 0) is 37.5 Å². The SMILES string of the molecule is Cc1ccc2nc(-c3nc(N4CCC(O)CC4)cnc3N)[nH]c2c1. The molecule has 7 nitrogen and oxygen atoms in total. The van der Waals surface area contributed by atoms with Crippen molar-refractivity contribution in [2.45, 2.75) is 25.9 Å². The zero-order valence-corrected chi connectivity index (χ0v) is 13.5. The topological polar surface area (TPSA) is 104 Å². The molecule has 0 bridgehead atoms. The number of anilines is 2. The molecule has 0 spiro atoms. The number of rotatable bonds is 2. The fourth-order valence-electron chi connectivity index (χ4n) is 3.05. The number of aryl methyl sites for hydroxylation is 1. The van der Waals surface area contributed by atoms with Crippen LogP contribution in [0.1, 0.15) is 18.4 Å². The molecule has 3 heterocycles. The molecule has 1 aliphatic heterocycles. The van der Waals surface area contributed by atoms with Gasteiger partial charge in [0, 0.05) is 13.1 Å². The van der Waals surface area contributed by atoms with Crippen molar-refractivity contribution in [2.24, 2.45) is 0 Å². The van der Waals surface area contributed by atoms with E-state index in [0.29, 0.717) is 17.3 Å². The number of nitrogens with zero attached hydrogens (tertiary/aromatic N) is 4. The lowest BCUT2D eigenvalue weighted by Gasteiger charge is -2.30. The van der Waals surface area contributed by atoms with Gasteiger partial charge in [0.15, 0.2) is 17.3 Å². The molecule has 2 aromatic heterocycles. The fourth-order valence-corrected chi connectivity index (χ4v) is 3.05. The zero-order valence-electron chi connectivity index (χ0n) is 13.5. The highest BCUT2D eigenvalue weighted by atomic mass is 16.3. The molecular formula is C17H20N6O. The first-order chi connectivity index (χ1) is 11.6. The molecule has 0 radical (unpaired) electrons. The van der Waals surface area contributed by atoms with Gasteiger partial charge in [0.2, 0.25) is 0 Å². The van der Waals surface area contributed by atoms with Crippen molar-refractivity contribution in [3.8, 4) is 11.5 Å². The van der Waals surface area contributed by atoms with Crippen molar-refractivity contribution in [3.63, 3.8) is 0 Å². The number of nitrogen functional groups attached to an aromatic ring is 1. The molecular weight excluding hydrogens is 304 g/mol. The van der Waals surface area contributed by atoms with Crippen molar-refractivity contribution < 1.29 is 5.11 Å². The summed E-state index contributed by atoms with van der Waals surface area (Å²) in [4.78, 5) is 18.9. The molecule has 0 unspecified atom stereocenters. The van der Waals surface area contributed by atoms with Gasteiger partial charge in [-0.25, -0.2) is 15.0 Å². The third-order valence-corrected chi connectivity index (χ3v) is 4.44. The molecule has 4 rings (SSSR count). The highest BCUT2D eigenvalue weighted by Crippen LogP contribution is 2.26. The predicted molar refractivity (Wildman–Crippen MR) is 93.7 cm³/mol. The monoisotopic (exact) mass is 324 g/mol. The second-order valence-electron chi connectivity index (χ2n) is 6.29. The molecule has 0 saturated carbocycles. The Morgan fingerprint density at radius 2 is 2.04 bits per heavy atom. The average Bonchev–Trinajstić information content (AvgIpc) is 2.99. The van der Waals surface area contributed by atoms with Gasteiger partial charge in [-0.1, -0.05) is 6.07 Å². The Hall–Kier alpha value is -2.67. The number of imidazole rings is 1. The van der Waals surface area contributed by atoms with Crippen molar-refractivity contribution in [2.75, 3.05) is 23.7 Å². The first kappa shape index (κ1) is 14.9. The van der Waals surface area contributed by atoms with E-state index in [2.05, 4.69) is 24.8 Å². The summed E-state index contributed by atoms with van der Waals surface area (Å²) in [6.07, 6.45) is 2.95. The van der Waals surface area contributed by atoms with E-state index >= 15 is 0 Å². The van der Waals surface area contributed by atoms with E-state index in [-0.39, 0.29) is 6.10 Å². The Bertz CT molecular complexity index is 882. The summed E-state index contributed by atoms with van der Waals surface area (Å²) in [6.45, 7) is 3.57. The molecule has 1 aliphatic rings. The number of nitrogens with one attached hydrogen (secondary N) is 1. The molecule has 0 amide bonds. The van der Waals surface area contributed by atoms with E-state index in [0.717, 1.165) is 48.3 Å². The van der Waals surface area contributed by atoms with Crippen LogP contribution < -0.4 is 10.6 Å².